The van der Waals surface area contributed by atoms with E-state index in [1.165, 1.54) is 11.3 Å². The molecule has 0 atom stereocenters. The fourth-order valence-electron chi connectivity index (χ4n) is 2.67. The summed E-state index contributed by atoms with van der Waals surface area (Å²) in [5, 5.41) is 7.72. The number of carbonyl (C=O) groups excluding carboxylic acids is 2. The van der Waals surface area contributed by atoms with E-state index in [1.54, 1.807) is 0 Å². The minimum Gasteiger partial charge on any atom is -0.444 e. The van der Waals surface area contributed by atoms with Crippen LogP contribution in [0.2, 0.25) is 0 Å². The second kappa shape index (κ2) is 9.73. The van der Waals surface area contributed by atoms with Crippen molar-refractivity contribution in [3.63, 3.8) is 0 Å². The summed E-state index contributed by atoms with van der Waals surface area (Å²) in [4.78, 5) is 25.3. The lowest BCUT2D eigenvalue weighted by Gasteiger charge is -2.20. The topological polar surface area (TPSA) is 67.4 Å². The Morgan fingerprint density at radius 1 is 1.07 bits per heavy atom. The fraction of sp³-hybridized carbons (Fsp3) is 0.455. The Balaban J connectivity index is 2.14. The van der Waals surface area contributed by atoms with Crippen LogP contribution in [0, 0.1) is 5.92 Å². The number of amides is 2. The largest absolute Gasteiger partial charge is 0.444 e. The number of benzene rings is 1. The van der Waals surface area contributed by atoms with Gasteiger partial charge in [0.2, 0.25) is 0 Å². The summed E-state index contributed by atoms with van der Waals surface area (Å²) in [6.45, 7) is 10.8. The molecule has 0 saturated carbocycles. The van der Waals surface area contributed by atoms with Gasteiger partial charge in [-0.05, 0) is 55.7 Å². The van der Waals surface area contributed by atoms with Crippen molar-refractivity contribution in [2.75, 3.05) is 6.54 Å². The Bertz CT molecular complexity index is 806. The molecule has 0 spiro atoms. The van der Waals surface area contributed by atoms with Crippen LogP contribution < -0.4 is 10.6 Å². The molecule has 28 heavy (non-hydrogen) atoms. The molecular formula is C22H30N2O3S. The van der Waals surface area contributed by atoms with E-state index < -0.39 is 11.7 Å². The van der Waals surface area contributed by atoms with Crippen LogP contribution in [0.1, 0.15) is 56.3 Å². The predicted octanol–water partition coefficient (Wildman–Crippen LogP) is 5.22. The lowest BCUT2D eigenvalue weighted by atomic mass is 10.00. The molecule has 0 bridgehead atoms. The highest BCUT2D eigenvalue weighted by molar-refractivity contribution is 7.12. The summed E-state index contributed by atoms with van der Waals surface area (Å²) in [6, 6.07) is 9.73. The van der Waals surface area contributed by atoms with Crippen molar-refractivity contribution in [3.8, 4) is 11.1 Å². The summed E-state index contributed by atoms with van der Waals surface area (Å²) in [5.74, 6) is 0.489. The van der Waals surface area contributed by atoms with Crippen molar-refractivity contribution in [1.82, 2.24) is 10.6 Å². The van der Waals surface area contributed by atoms with E-state index in [0.717, 1.165) is 23.1 Å². The van der Waals surface area contributed by atoms with Crippen LogP contribution >= 0.6 is 11.3 Å². The highest BCUT2D eigenvalue weighted by Gasteiger charge is 2.18. The molecule has 0 unspecified atom stereocenters. The monoisotopic (exact) mass is 402 g/mol. The molecule has 2 aromatic rings. The normalized spacial score (nSPS) is 11.4. The van der Waals surface area contributed by atoms with Crippen molar-refractivity contribution < 1.29 is 14.3 Å². The van der Waals surface area contributed by atoms with Crippen molar-refractivity contribution in [2.45, 2.75) is 53.2 Å². The van der Waals surface area contributed by atoms with Gasteiger partial charge in [-0.2, -0.15) is 0 Å². The third-order valence-corrected chi connectivity index (χ3v) is 4.92. The van der Waals surface area contributed by atoms with Gasteiger partial charge in [-0.1, -0.05) is 38.1 Å². The summed E-state index contributed by atoms with van der Waals surface area (Å²) in [7, 11) is 0. The molecule has 152 valence electrons. The van der Waals surface area contributed by atoms with E-state index >= 15 is 0 Å². The summed E-state index contributed by atoms with van der Waals surface area (Å²) >= 11 is 1.43. The number of carbonyl (C=O) groups is 2. The molecule has 0 fully saturated rings. The molecular weight excluding hydrogens is 372 g/mol. The Morgan fingerprint density at radius 3 is 2.46 bits per heavy atom. The van der Waals surface area contributed by atoms with Gasteiger partial charge < -0.3 is 15.4 Å². The zero-order valence-corrected chi connectivity index (χ0v) is 18.1. The molecule has 0 aliphatic rings. The maximum absolute atomic E-state index is 12.6. The number of hydrogen-bond donors (Lipinski definition) is 2. The van der Waals surface area contributed by atoms with Gasteiger partial charge in [0.25, 0.3) is 5.91 Å². The van der Waals surface area contributed by atoms with E-state index in [1.807, 2.05) is 56.5 Å². The quantitative estimate of drug-likeness (QED) is 0.667. The van der Waals surface area contributed by atoms with E-state index in [0.29, 0.717) is 23.9 Å². The van der Waals surface area contributed by atoms with Gasteiger partial charge in [-0.15, -0.1) is 11.3 Å². The van der Waals surface area contributed by atoms with Crippen LogP contribution in [0.3, 0.4) is 0 Å². The first kappa shape index (κ1) is 22.0. The summed E-state index contributed by atoms with van der Waals surface area (Å²) in [5.41, 5.74) is 2.21. The molecule has 2 rings (SSSR count). The van der Waals surface area contributed by atoms with Crippen molar-refractivity contribution in [1.29, 1.82) is 0 Å². The Hall–Kier alpha value is -2.34. The lowest BCUT2D eigenvalue weighted by Crippen LogP contribution is -2.32. The van der Waals surface area contributed by atoms with Gasteiger partial charge in [0.15, 0.2) is 0 Å². The SMILES string of the molecule is CC(C)CCNC(=O)c1sccc1-c1ccccc1CNC(=O)OC(C)(C)C. The molecule has 5 nitrogen and oxygen atoms in total. The second-order valence-corrected chi connectivity index (χ2v) is 9.03. The number of nitrogens with one attached hydrogen (secondary N) is 2. The molecule has 0 saturated heterocycles. The van der Waals surface area contributed by atoms with E-state index in [2.05, 4.69) is 24.5 Å². The lowest BCUT2D eigenvalue weighted by molar-refractivity contribution is 0.0523. The molecule has 1 heterocycles. The Morgan fingerprint density at radius 2 is 1.79 bits per heavy atom. The summed E-state index contributed by atoms with van der Waals surface area (Å²) < 4.78 is 5.30. The first-order chi connectivity index (χ1) is 13.2. The maximum atomic E-state index is 12.6. The van der Waals surface area contributed by atoms with Crippen LogP contribution in [0.4, 0.5) is 4.79 Å². The van der Waals surface area contributed by atoms with Crippen LogP contribution in [0.5, 0.6) is 0 Å². The van der Waals surface area contributed by atoms with Crippen molar-refractivity contribution in [3.05, 3.63) is 46.2 Å². The minimum atomic E-state index is -0.543. The second-order valence-electron chi connectivity index (χ2n) is 8.11. The third-order valence-electron chi connectivity index (χ3n) is 4.01. The van der Waals surface area contributed by atoms with E-state index in [9.17, 15) is 9.59 Å². The van der Waals surface area contributed by atoms with Crippen LogP contribution in [0.15, 0.2) is 35.7 Å². The first-order valence-corrected chi connectivity index (χ1v) is 10.5. The van der Waals surface area contributed by atoms with Crippen molar-refractivity contribution in [2.24, 2.45) is 5.92 Å². The van der Waals surface area contributed by atoms with Gasteiger partial charge in [0, 0.05) is 18.7 Å². The van der Waals surface area contributed by atoms with E-state index in [4.69, 9.17) is 4.74 Å². The Labute approximate surface area is 171 Å². The highest BCUT2D eigenvalue weighted by Crippen LogP contribution is 2.31. The van der Waals surface area contributed by atoms with Crippen LogP contribution in [-0.4, -0.2) is 24.1 Å². The molecule has 6 heteroatoms. The van der Waals surface area contributed by atoms with Gasteiger partial charge in [-0.25, -0.2) is 4.79 Å². The van der Waals surface area contributed by atoms with E-state index in [-0.39, 0.29) is 5.91 Å². The predicted molar refractivity (Wildman–Crippen MR) is 115 cm³/mol. The Kier molecular flexibility index (Phi) is 7.63. The zero-order chi connectivity index (χ0) is 20.7. The molecule has 1 aromatic carbocycles. The number of alkyl carbamates (subject to hydrolysis) is 1. The molecule has 2 amide bonds. The maximum Gasteiger partial charge on any atom is 0.407 e. The van der Waals surface area contributed by atoms with Crippen molar-refractivity contribution >= 4 is 23.3 Å². The summed E-state index contributed by atoms with van der Waals surface area (Å²) in [6.07, 6.45) is 0.488. The van der Waals surface area contributed by atoms with Gasteiger partial charge in [0.1, 0.15) is 5.60 Å². The number of hydrogen-bond acceptors (Lipinski definition) is 4. The molecule has 1 aromatic heterocycles. The smallest absolute Gasteiger partial charge is 0.407 e. The van der Waals surface area contributed by atoms with Gasteiger partial charge in [-0.3, -0.25) is 4.79 Å². The average molecular weight is 403 g/mol. The number of ether oxygens (including phenoxy) is 1. The average Bonchev–Trinajstić information content (AvgIpc) is 3.08. The third kappa shape index (κ3) is 6.68. The standard InChI is InChI=1S/C22H30N2O3S/c1-15(2)10-12-23-20(25)19-18(11-13-28-19)17-9-7-6-8-16(17)14-24-21(26)27-22(3,4)5/h6-9,11,13,15H,10,12,14H2,1-5H3,(H,23,25)(H,24,26). The minimum absolute atomic E-state index is 0.0550. The number of rotatable bonds is 7. The zero-order valence-electron chi connectivity index (χ0n) is 17.3. The molecule has 0 radical (unpaired) electrons. The van der Waals surface area contributed by atoms with Crippen LogP contribution in [0.25, 0.3) is 11.1 Å². The van der Waals surface area contributed by atoms with Gasteiger partial charge >= 0.3 is 6.09 Å². The van der Waals surface area contributed by atoms with Gasteiger partial charge in [0.05, 0.1) is 4.88 Å². The molecule has 0 aliphatic heterocycles. The first-order valence-electron chi connectivity index (χ1n) is 9.58. The number of thiophene rings is 1. The fourth-order valence-corrected chi connectivity index (χ4v) is 3.50. The van der Waals surface area contributed by atoms with Crippen LogP contribution in [-0.2, 0) is 11.3 Å². The highest BCUT2D eigenvalue weighted by atomic mass is 32.1. The molecule has 0 aliphatic carbocycles. The molecule has 2 N–H and O–H groups in total.